The van der Waals surface area contributed by atoms with Gasteiger partial charge in [-0.05, 0) is 12.1 Å². The lowest BCUT2D eigenvalue weighted by Gasteiger charge is -2.02. The van der Waals surface area contributed by atoms with E-state index in [9.17, 15) is 9.18 Å². The molecule has 2 nitrogen and oxygen atoms in total. The number of ether oxygens (including phenoxy) is 1. The highest BCUT2D eigenvalue weighted by atomic mass is 32.1. The molecule has 0 aliphatic heterocycles. The van der Waals surface area contributed by atoms with Gasteiger partial charge in [-0.3, -0.25) is 4.79 Å². The zero-order valence-electron chi connectivity index (χ0n) is 7.41. The van der Waals surface area contributed by atoms with Crippen molar-refractivity contribution < 1.29 is 13.9 Å². The molecule has 72 valence electrons. The fourth-order valence-corrected chi connectivity index (χ4v) is 2.13. The summed E-state index contributed by atoms with van der Waals surface area (Å²) in [6.07, 6.45) is 0.662. The third-order valence-electron chi connectivity index (χ3n) is 2.01. The minimum atomic E-state index is -0.296. The van der Waals surface area contributed by atoms with Crippen LogP contribution in [0.15, 0.2) is 17.5 Å². The van der Waals surface area contributed by atoms with E-state index in [0.29, 0.717) is 23.0 Å². The van der Waals surface area contributed by atoms with E-state index in [0.717, 1.165) is 4.70 Å². The van der Waals surface area contributed by atoms with Crippen LogP contribution in [0.2, 0.25) is 0 Å². The maximum Gasteiger partial charge on any atom is 0.153 e. The molecule has 1 aromatic heterocycles. The SMILES string of the molecule is COc1cc2scc(F)c2cc1C=O. The van der Waals surface area contributed by atoms with Gasteiger partial charge in [0.2, 0.25) is 0 Å². The van der Waals surface area contributed by atoms with Gasteiger partial charge < -0.3 is 4.74 Å². The number of hydrogen-bond donors (Lipinski definition) is 0. The Labute approximate surface area is 83.9 Å². The average molecular weight is 210 g/mol. The summed E-state index contributed by atoms with van der Waals surface area (Å²) in [7, 11) is 1.48. The Bertz CT molecular complexity index is 490. The highest BCUT2D eigenvalue weighted by Gasteiger charge is 2.09. The largest absolute Gasteiger partial charge is 0.496 e. The minimum Gasteiger partial charge on any atom is -0.496 e. The molecule has 14 heavy (non-hydrogen) atoms. The molecular formula is C10H7FO2S. The lowest BCUT2D eigenvalue weighted by atomic mass is 10.1. The number of aldehydes is 1. The lowest BCUT2D eigenvalue weighted by Crippen LogP contribution is -1.89. The molecule has 1 heterocycles. The third kappa shape index (κ3) is 1.28. The van der Waals surface area contributed by atoms with E-state index >= 15 is 0 Å². The number of fused-ring (bicyclic) bond motifs is 1. The van der Waals surface area contributed by atoms with Gasteiger partial charge in [0.1, 0.15) is 11.6 Å². The third-order valence-corrected chi connectivity index (χ3v) is 2.92. The first-order chi connectivity index (χ1) is 6.76. The number of methoxy groups -OCH3 is 1. The maximum absolute atomic E-state index is 13.2. The van der Waals surface area contributed by atoms with Crippen molar-refractivity contribution in [2.45, 2.75) is 0 Å². The number of benzene rings is 1. The number of hydrogen-bond acceptors (Lipinski definition) is 3. The second kappa shape index (κ2) is 3.38. The van der Waals surface area contributed by atoms with Crippen molar-refractivity contribution in [2.75, 3.05) is 7.11 Å². The number of halogens is 1. The predicted molar refractivity (Wildman–Crippen MR) is 53.7 cm³/mol. The highest BCUT2D eigenvalue weighted by molar-refractivity contribution is 7.17. The van der Waals surface area contributed by atoms with Crippen LogP contribution < -0.4 is 4.74 Å². The van der Waals surface area contributed by atoms with E-state index < -0.39 is 0 Å². The van der Waals surface area contributed by atoms with Gasteiger partial charge in [0.25, 0.3) is 0 Å². The number of carbonyl (C=O) groups is 1. The zero-order chi connectivity index (χ0) is 10.1. The van der Waals surface area contributed by atoms with E-state index in [1.165, 1.54) is 29.9 Å². The van der Waals surface area contributed by atoms with E-state index in [2.05, 4.69) is 0 Å². The van der Waals surface area contributed by atoms with Crippen molar-refractivity contribution in [2.24, 2.45) is 0 Å². The van der Waals surface area contributed by atoms with Crippen LogP contribution in [-0.2, 0) is 0 Å². The number of rotatable bonds is 2. The number of thiophene rings is 1. The van der Waals surface area contributed by atoms with E-state index in [4.69, 9.17) is 4.74 Å². The summed E-state index contributed by atoms with van der Waals surface area (Å²) < 4.78 is 18.9. The Morgan fingerprint density at radius 1 is 1.50 bits per heavy atom. The van der Waals surface area contributed by atoms with Crippen LogP contribution in [0.5, 0.6) is 5.75 Å². The molecule has 0 radical (unpaired) electrons. The Balaban J connectivity index is 2.77. The van der Waals surface area contributed by atoms with Crippen molar-refractivity contribution in [1.82, 2.24) is 0 Å². The van der Waals surface area contributed by atoms with Crippen LogP contribution in [0.1, 0.15) is 10.4 Å². The number of carbonyl (C=O) groups excluding carboxylic acids is 1. The Morgan fingerprint density at radius 3 is 2.93 bits per heavy atom. The molecule has 0 amide bonds. The standard InChI is InChI=1S/C10H7FO2S/c1-13-9-3-10-7(2-6(9)4-12)8(11)5-14-10/h2-5H,1H3. The molecule has 0 saturated heterocycles. The van der Waals surface area contributed by atoms with Crippen molar-refractivity contribution in [3.8, 4) is 5.75 Å². The molecule has 0 saturated carbocycles. The van der Waals surface area contributed by atoms with E-state index in [-0.39, 0.29) is 5.82 Å². The van der Waals surface area contributed by atoms with Gasteiger partial charge in [0, 0.05) is 15.5 Å². The van der Waals surface area contributed by atoms with Gasteiger partial charge in [0.05, 0.1) is 12.7 Å². The van der Waals surface area contributed by atoms with Crippen LogP contribution in [0.4, 0.5) is 4.39 Å². The van der Waals surface area contributed by atoms with Crippen molar-refractivity contribution in [3.63, 3.8) is 0 Å². The highest BCUT2D eigenvalue weighted by Crippen LogP contribution is 2.30. The van der Waals surface area contributed by atoms with Crippen LogP contribution in [0.25, 0.3) is 10.1 Å². The summed E-state index contributed by atoms with van der Waals surface area (Å²) in [5.41, 5.74) is 0.373. The summed E-state index contributed by atoms with van der Waals surface area (Å²) in [5.74, 6) is 0.185. The average Bonchev–Trinajstić information content (AvgIpc) is 2.58. The van der Waals surface area contributed by atoms with Gasteiger partial charge in [-0.2, -0.15) is 0 Å². The summed E-state index contributed by atoms with van der Waals surface area (Å²) in [5, 5.41) is 1.89. The first kappa shape index (κ1) is 9.15. The summed E-state index contributed by atoms with van der Waals surface area (Å²) in [4.78, 5) is 10.7. The molecule has 2 rings (SSSR count). The summed E-state index contributed by atoms with van der Waals surface area (Å²) in [6, 6.07) is 3.18. The summed E-state index contributed by atoms with van der Waals surface area (Å²) in [6.45, 7) is 0. The molecule has 0 spiro atoms. The molecule has 0 N–H and O–H groups in total. The van der Waals surface area contributed by atoms with Crippen molar-refractivity contribution >= 4 is 27.7 Å². The molecular weight excluding hydrogens is 203 g/mol. The second-order valence-corrected chi connectivity index (χ2v) is 3.70. The fourth-order valence-electron chi connectivity index (χ4n) is 1.31. The van der Waals surface area contributed by atoms with E-state index in [1.54, 1.807) is 6.07 Å². The molecule has 4 heteroatoms. The van der Waals surface area contributed by atoms with Crippen molar-refractivity contribution in [3.05, 3.63) is 28.9 Å². The van der Waals surface area contributed by atoms with Crippen LogP contribution in [-0.4, -0.2) is 13.4 Å². The predicted octanol–water partition coefficient (Wildman–Crippen LogP) is 2.86. The van der Waals surface area contributed by atoms with Gasteiger partial charge >= 0.3 is 0 Å². The van der Waals surface area contributed by atoms with Crippen LogP contribution in [0, 0.1) is 5.82 Å². The molecule has 0 aliphatic rings. The Kier molecular flexibility index (Phi) is 2.21. The smallest absolute Gasteiger partial charge is 0.153 e. The molecule has 1 aromatic carbocycles. The fraction of sp³-hybridized carbons (Fsp3) is 0.100. The van der Waals surface area contributed by atoms with Gasteiger partial charge in [-0.1, -0.05) is 0 Å². The van der Waals surface area contributed by atoms with E-state index in [1.807, 2.05) is 0 Å². The monoisotopic (exact) mass is 210 g/mol. The maximum atomic E-state index is 13.2. The van der Waals surface area contributed by atoms with Gasteiger partial charge in [0.15, 0.2) is 6.29 Å². The molecule has 0 atom stereocenters. The molecule has 0 fully saturated rings. The first-order valence-electron chi connectivity index (χ1n) is 3.96. The lowest BCUT2D eigenvalue weighted by molar-refractivity contribution is 0.112. The minimum absolute atomic E-state index is 0.296. The normalized spacial score (nSPS) is 10.4. The first-order valence-corrected chi connectivity index (χ1v) is 4.84. The van der Waals surface area contributed by atoms with Gasteiger partial charge in [-0.25, -0.2) is 4.39 Å². The van der Waals surface area contributed by atoms with Gasteiger partial charge in [-0.15, -0.1) is 11.3 Å². The van der Waals surface area contributed by atoms with Crippen LogP contribution in [0.3, 0.4) is 0 Å². The molecule has 2 aromatic rings. The topological polar surface area (TPSA) is 26.3 Å². The van der Waals surface area contributed by atoms with Crippen LogP contribution >= 0.6 is 11.3 Å². The zero-order valence-corrected chi connectivity index (χ0v) is 8.23. The Hall–Kier alpha value is -1.42. The molecule has 0 unspecified atom stereocenters. The molecule has 0 aliphatic carbocycles. The Morgan fingerprint density at radius 2 is 2.29 bits per heavy atom. The second-order valence-electron chi connectivity index (χ2n) is 2.79. The van der Waals surface area contributed by atoms with Crippen molar-refractivity contribution in [1.29, 1.82) is 0 Å². The molecule has 0 bridgehead atoms. The quantitative estimate of drug-likeness (QED) is 0.712. The summed E-state index contributed by atoms with van der Waals surface area (Å²) >= 11 is 1.29.